The van der Waals surface area contributed by atoms with Gasteiger partial charge in [0.2, 0.25) is 12.5 Å². The maximum atomic E-state index is 5.69. The molecule has 0 saturated heterocycles. The molecule has 2 aliphatic rings. The summed E-state index contributed by atoms with van der Waals surface area (Å²) < 4.78 is 22.6. The van der Waals surface area contributed by atoms with Gasteiger partial charge in [-0.3, -0.25) is 0 Å². The van der Waals surface area contributed by atoms with Gasteiger partial charge in [0.15, 0.2) is 17.5 Å². The van der Waals surface area contributed by atoms with E-state index in [9.17, 15) is 0 Å². The molecule has 1 unspecified atom stereocenters. The van der Waals surface area contributed by atoms with Gasteiger partial charge in [-0.25, -0.2) is 0 Å². The minimum Gasteiger partial charge on any atom is -0.492 e. The second kappa shape index (κ2) is 7.19. The van der Waals surface area contributed by atoms with Crippen molar-refractivity contribution in [2.75, 3.05) is 34.1 Å². The fourth-order valence-corrected chi connectivity index (χ4v) is 3.50. The van der Waals surface area contributed by atoms with Crippen molar-refractivity contribution in [3.05, 3.63) is 47.5 Å². The Morgan fingerprint density at radius 1 is 1.23 bits per heavy atom. The van der Waals surface area contributed by atoms with Crippen LogP contribution in [0.5, 0.6) is 23.0 Å². The van der Waals surface area contributed by atoms with Crippen molar-refractivity contribution < 1.29 is 23.8 Å². The van der Waals surface area contributed by atoms with Gasteiger partial charge in [0.1, 0.15) is 12.4 Å². The van der Waals surface area contributed by atoms with Crippen LogP contribution in [0.4, 0.5) is 0 Å². The van der Waals surface area contributed by atoms with E-state index >= 15 is 0 Å². The molecule has 2 heterocycles. The molecule has 0 aliphatic carbocycles. The maximum Gasteiger partial charge on any atom is 0.231 e. The van der Waals surface area contributed by atoms with E-state index in [-0.39, 0.29) is 12.8 Å². The number of hydrogen-bond acceptors (Lipinski definition) is 4. The lowest BCUT2D eigenvalue weighted by atomic mass is 9.91. The number of quaternary nitrogens is 1. The van der Waals surface area contributed by atoms with Gasteiger partial charge in [-0.1, -0.05) is 24.1 Å². The minimum atomic E-state index is 0.0163. The van der Waals surface area contributed by atoms with Crippen LogP contribution in [0.3, 0.4) is 0 Å². The van der Waals surface area contributed by atoms with Crippen molar-refractivity contribution in [3.8, 4) is 34.8 Å². The molecule has 26 heavy (non-hydrogen) atoms. The van der Waals surface area contributed by atoms with Crippen molar-refractivity contribution in [2.45, 2.75) is 12.5 Å². The fraction of sp³-hybridized carbons (Fsp3) is 0.333. The maximum absolute atomic E-state index is 5.69. The van der Waals surface area contributed by atoms with Gasteiger partial charge >= 0.3 is 0 Å². The molecule has 5 nitrogen and oxygen atoms in total. The number of rotatable bonds is 3. The molecule has 2 atom stereocenters. The topological polar surface area (TPSA) is 41.4 Å². The predicted molar refractivity (Wildman–Crippen MR) is 97.0 cm³/mol. The number of hydrogen-bond donors (Lipinski definition) is 1. The predicted octanol–water partition coefficient (Wildman–Crippen LogP) is 1.62. The second-order valence-electron chi connectivity index (χ2n) is 6.42. The van der Waals surface area contributed by atoms with E-state index in [1.807, 2.05) is 30.3 Å². The van der Waals surface area contributed by atoms with Gasteiger partial charge in [0.05, 0.1) is 26.3 Å². The number of fused-ring (bicyclic) bond motifs is 2. The lowest BCUT2D eigenvalue weighted by Crippen LogP contribution is -3.10. The zero-order valence-corrected chi connectivity index (χ0v) is 15.0. The summed E-state index contributed by atoms with van der Waals surface area (Å²) in [5.41, 5.74) is 2.33. The highest BCUT2D eigenvalue weighted by atomic mass is 16.7. The first kappa shape index (κ1) is 16.6. The molecule has 0 aromatic heterocycles. The van der Waals surface area contributed by atoms with E-state index in [1.54, 1.807) is 7.11 Å². The third kappa shape index (κ3) is 3.04. The Bertz CT molecular complexity index is 854. The first-order chi connectivity index (χ1) is 12.8. The molecular formula is C21H22NO4+. The number of nitrogens with one attached hydrogen (secondary N) is 1. The average molecular weight is 352 g/mol. The largest absolute Gasteiger partial charge is 0.492 e. The molecule has 1 N–H and O–H groups in total. The van der Waals surface area contributed by atoms with Crippen LogP contribution in [0.2, 0.25) is 0 Å². The second-order valence-corrected chi connectivity index (χ2v) is 6.42. The highest BCUT2D eigenvalue weighted by Crippen LogP contribution is 2.47. The molecule has 0 saturated carbocycles. The van der Waals surface area contributed by atoms with E-state index in [0.29, 0.717) is 12.4 Å². The summed E-state index contributed by atoms with van der Waals surface area (Å²) in [5, 5.41) is 0. The van der Waals surface area contributed by atoms with E-state index < -0.39 is 0 Å². The van der Waals surface area contributed by atoms with Crippen LogP contribution in [0, 0.1) is 11.8 Å². The van der Waals surface area contributed by atoms with Crippen molar-refractivity contribution in [1.29, 1.82) is 0 Å². The first-order valence-corrected chi connectivity index (χ1v) is 8.76. The van der Waals surface area contributed by atoms with Crippen molar-refractivity contribution in [1.82, 2.24) is 0 Å². The van der Waals surface area contributed by atoms with Gasteiger partial charge in [0, 0.05) is 6.42 Å². The number of methoxy groups -OCH3 is 1. The SMILES string of the molecule is COc1c2c(cc3c1[C@@H](C#CCOc1ccccc1)[NH+](C)CC3)OCO2. The van der Waals surface area contributed by atoms with E-state index in [1.165, 1.54) is 10.5 Å². The van der Waals surface area contributed by atoms with Gasteiger partial charge in [-0.05, 0) is 29.7 Å². The zero-order chi connectivity index (χ0) is 17.9. The minimum absolute atomic E-state index is 0.0163. The summed E-state index contributed by atoms with van der Waals surface area (Å²) >= 11 is 0. The lowest BCUT2D eigenvalue weighted by molar-refractivity contribution is -0.905. The number of para-hydroxylation sites is 1. The number of benzene rings is 2. The Hall–Kier alpha value is -2.84. The third-order valence-electron chi connectivity index (χ3n) is 4.82. The Morgan fingerprint density at radius 3 is 2.88 bits per heavy atom. The molecule has 2 aromatic carbocycles. The van der Waals surface area contributed by atoms with Crippen molar-refractivity contribution in [2.24, 2.45) is 0 Å². The van der Waals surface area contributed by atoms with Crippen molar-refractivity contribution >= 4 is 0 Å². The smallest absolute Gasteiger partial charge is 0.231 e. The van der Waals surface area contributed by atoms with Crippen LogP contribution in [0.25, 0.3) is 0 Å². The van der Waals surface area contributed by atoms with Crippen LogP contribution < -0.4 is 23.8 Å². The standard InChI is InChI=1S/C21H21NO4/c1-22-11-10-15-13-18-20(26-14-25-18)21(23-2)19(15)17(22)9-6-12-24-16-7-4-3-5-8-16/h3-5,7-8,13,17H,10-12,14H2,1-2H3/p+1/t17-/m1/s1. The molecule has 4 rings (SSSR count). The fourth-order valence-electron chi connectivity index (χ4n) is 3.50. The summed E-state index contributed by atoms with van der Waals surface area (Å²) in [5.74, 6) is 9.57. The van der Waals surface area contributed by atoms with Crippen LogP contribution in [-0.2, 0) is 6.42 Å². The van der Waals surface area contributed by atoms with Crippen molar-refractivity contribution in [3.63, 3.8) is 0 Å². The highest BCUT2D eigenvalue weighted by molar-refractivity contribution is 5.62. The molecule has 2 aromatic rings. The van der Waals surface area contributed by atoms with Gasteiger partial charge in [-0.15, -0.1) is 0 Å². The number of ether oxygens (including phenoxy) is 4. The summed E-state index contributed by atoms with van der Waals surface area (Å²) in [7, 11) is 3.83. The quantitative estimate of drug-likeness (QED) is 0.853. The number of likely N-dealkylation sites (N-methyl/N-ethyl adjacent to an activating group) is 1. The molecule has 0 bridgehead atoms. The molecular weight excluding hydrogens is 330 g/mol. The summed E-state index contributed by atoms with van der Waals surface area (Å²) in [6.45, 7) is 1.60. The average Bonchev–Trinajstić information content (AvgIpc) is 3.14. The third-order valence-corrected chi connectivity index (χ3v) is 4.82. The molecule has 5 heteroatoms. The Kier molecular flexibility index (Phi) is 4.59. The molecule has 0 radical (unpaired) electrons. The van der Waals surface area contributed by atoms with E-state index in [4.69, 9.17) is 18.9 Å². The summed E-state index contributed by atoms with van der Waals surface area (Å²) in [6, 6.07) is 11.8. The molecule has 0 fully saturated rings. The lowest BCUT2D eigenvalue weighted by Gasteiger charge is -2.29. The van der Waals surface area contributed by atoms with Gasteiger partial charge in [0.25, 0.3) is 0 Å². The van der Waals surface area contributed by atoms with Crippen LogP contribution >= 0.6 is 0 Å². The molecule has 0 spiro atoms. The first-order valence-electron chi connectivity index (χ1n) is 8.76. The van der Waals surface area contributed by atoms with Crippen LogP contribution in [0.15, 0.2) is 36.4 Å². The van der Waals surface area contributed by atoms with Gasteiger partial charge < -0.3 is 23.8 Å². The monoisotopic (exact) mass is 352 g/mol. The zero-order valence-electron chi connectivity index (χ0n) is 15.0. The van der Waals surface area contributed by atoms with Crippen LogP contribution in [0.1, 0.15) is 17.2 Å². The van der Waals surface area contributed by atoms with E-state index in [2.05, 4.69) is 25.0 Å². The molecule has 0 amide bonds. The molecule has 134 valence electrons. The normalized spacial score (nSPS) is 19.9. The van der Waals surface area contributed by atoms with Crippen LogP contribution in [-0.4, -0.2) is 34.1 Å². The highest BCUT2D eigenvalue weighted by Gasteiger charge is 2.35. The Balaban J connectivity index is 1.61. The van der Waals surface area contributed by atoms with Gasteiger partial charge in [-0.2, -0.15) is 0 Å². The van der Waals surface area contributed by atoms with E-state index in [0.717, 1.165) is 35.8 Å². The Labute approximate surface area is 153 Å². The molecule has 2 aliphatic heterocycles. The Morgan fingerprint density at radius 2 is 2.08 bits per heavy atom. The summed E-state index contributed by atoms with van der Waals surface area (Å²) in [6.07, 6.45) is 0.965. The summed E-state index contributed by atoms with van der Waals surface area (Å²) in [4.78, 5) is 1.34.